The van der Waals surface area contributed by atoms with Crippen LogP contribution < -0.4 is 14.4 Å². The highest BCUT2D eigenvalue weighted by Crippen LogP contribution is 2.24. The topological polar surface area (TPSA) is 75.7 Å². The number of rotatable bonds is 7. The van der Waals surface area contributed by atoms with E-state index in [0.29, 0.717) is 22.1 Å². The number of aryl methyl sites for hydroxylation is 1. The first-order valence-corrected chi connectivity index (χ1v) is 10.1. The van der Waals surface area contributed by atoms with Gasteiger partial charge in [0.1, 0.15) is 5.75 Å². The molecule has 26 heavy (non-hydrogen) atoms. The van der Waals surface area contributed by atoms with Crippen LogP contribution in [0.3, 0.4) is 0 Å². The van der Waals surface area contributed by atoms with Gasteiger partial charge in [-0.05, 0) is 36.8 Å². The summed E-state index contributed by atoms with van der Waals surface area (Å²) in [5, 5.41) is 3.27. The van der Waals surface area contributed by atoms with Gasteiger partial charge in [-0.1, -0.05) is 23.7 Å². The highest BCUT2D eigenvalue weighted by Gasteiger charge is 2.19. The third-order valence-corrected chi connectivity index (χ3v) is 5.34. The molecule has 0 radical (unpaired) electrons. The van der Waals surface area contributed by atoms with E-state index in [1.165, 1.54) is 11.4 Å². The number of methoxy groups -OCH3 is 1. The minimum absolute atomic E-state index is 0.00419. The lowest BCUT2D eigenvalue weighted by Gasteiger charge is -2.22. The van der Waals surface area contributed by atoms with Gasteiger partial charge in [0.2, 0.25) is 15.9 Å². The Morgan fingerprint density at radius 2 is 1.96 bits per heavy atom. The lowest BCUT2D eigenvalue weighted by atomic mass is 10.2. The van der Waals surface area contributed by atoms with Crippen molar-refractivity contribution < 1.29 is 17.9 Å². The maximum Gasteiger partial charge on any atom is 0.232 e. The number of carbonyl (C=O) groups is 1. The second-order valence-corrected chi connectivity index (χ2v) is 8.11. The molecule has 8 heteroatoms. The minimum atomic E-state index is -3.55. The van der Waals surface area contributed by atoms with E-state index in [1.54, 1.807) is 42.5 Å². The van der Waals surface area contributed by atoms with Gasteiger partial charge in [-0.3, -0.25) is 9.10 Å². The van der Waals surface area contributed by atoms with E-state index in [1.807, 2.05) is 6.92 Å². The van der Waals surface area contributed by atoms with Crippen molar-refractivity contribution in [1.29, 1.82) is 0 Å². The molecule has 2 aromatic rings. The largest absolute Gasteiger partial charge is 0.497 e. The number of benzene rings is 2. The molecule has 2 aromatic carbocycles. The lowest BCUT2D eigenvalue weighted by molar-refractivity contribution is -0.116. The van der Waals surface area contributed by atoms with Crippen LogP contribution in [0.25, 0.3) is 0 Å². The fraction of sp³-hybridized carbons (Fsp3) is 0.278. The molecule has 0 aliphatic rings. The molecule has 2 rings (SSSR count). The Kier molecular flexibility index (Phi) is 6.50. The summed E-state index contributed by atoms with van der Waals surface area (Å²) in [6, 6.07) is 11.9. The number of halogens is 1. The number of ether oxygens (including phenoxy) is 1. The van der Waals surface area contributed by atoms with E-state index in [0.717, 1.165) is 11.8 Å². The summed E-state index contributed by atoms with van der Waals surface area (Å²) in [4.78, 5) is 12.2. The Hall–Kier alpha value is -2.25. The Bertz CT molecular complexity index is 900. The standard InChI is InChI=1S/C18H21ClN2O4S/c1-13-7-8-14(11-17(13)19)20-18(22)9-10-21(26(3,23)24)15-5-4-6-16(12-15)25-2/h4-8,11-12H,9-10H2,1-3H3,(H,20,22). The first-order valence-electron chi connectivity index (χ1n) is 7.88. The smallest absolute Gasteiger partial charge is 0.232 e. The van der Waals surface area contributed by atoms with Crippen molar-refractivity contribution in [2.75, 3.05) is 29.5 Å². The Morgan fingerprint density at radius 1 is 1.23 bits per heavy atom. The maximum atomic E-state index is 12.2. The molecule has 140 valence electrons. The number of hydrogen-bond donors (Lipinski definition) is 1. The summed E-state index contributed by atoms with van der Waals surface area (Å²) >= 11 is 6.04. The van der Waals surface area contributed by atoms with Gasteiger partial charge in [0.05, 0.1) is 19.1 Å². The molecule has 0 saturated carbocycles. The van der Waals surface area contributed by atoms with Crippen LogP contribution in [0.2, 0.25) is 5.02 Å². The van der Waals surface area contributed by atoms with Gasteiger partial charge in [-0.25, -0.2) is 8.42 Å². The first-order chi connectivity index (χ1) is 12.2. The number of sulfonamides is 1. The maximum absolute atomic E-state index is 12.2. The van der Waals surface area contributed by atoms with E-state index in [9.17, 15) is 13.2 Å². The quantitative estimate of drug-likeness (QED) is 0.777. The zero-order valence-corrected chi connectivity index (χ0v) is 16.4. The van der Waals surface area contributed by atoms with Crippen molar-refractivity contribution in [3.05, 3.63) is 53.1 Å². The van der Waals surface area contributed by atoms with E-state index in [-0.39, 0.29) is 18.9 Å². The number of amides is 1. The van der Waals surface area contributed by atoms with Gasteiger partial charge in [0.15, 0.2) is 0 Å². The number of anilines is 2. The SMILES string of the molecule is COc1cccc(N(CCC(=O)Nc2ccc(C)c(Cl)c2)S(C)(=O)=O)c1. The second kappa shape index (κ2) is 8.42. The summed E-state index contributed by atoms with van der Waals surface area (Å²) in [5.74, 6) is 0.233. The lowest BCUT2D eigenvalue weighted by Crippen LogP contribution is -2.33. The second-order valence-electron chi connectivity index (χ2n) is 5.80. The van der Waals surface area contributed by atoms with Gasteiger partial charge in [-0.2, -0.15) is 0 Å². The molecule has 0 bridgehead atoms. The van der Waals surface area contributed by atoms with E-state index in [4.69, 9.17) is 16.3 Å². The predicted molar refractivity (Wildman–Crippen MR) is 105 cm³/mol. The fourth-order valence-corrected chi connectivity index (χ4v) is 3.45. The average molecular weight is 397 g/mol. The van der Waals surface area contributed by atoms with Crippen molar-refractivity contribution in [2.45, 2.75) is 13.3 Å². The number of nitrogens with one attached hydrogen (secondary N) is 1. The third-order valence-electron chi connectivity index (χ3n) is 3.74. The fourth-order valence-electron chi connectivity index (χ4n) is 2.35. The average Bonchev–Trinajstić information content (AvgIpc) is 2.57. The summed E-state index contributed by atoms with van der Waals surface area (Å²) in [5.41, 5.74) is 1.92. The van der Waals surface area contributed by atoms with E-state index < -0.39 is 10.0 Å². The van der Waals surface area contributed by atoms with E-state index in [2.05, 4.69) is 5.32 Å². The molecule has 1 N–H and O–H groups in total. The monoisotopic (exact) mass is 396 g/mol. The molecule has 0 fully saturated rings. The molecule has 0 atom stereocenters. The number of carbonyl (C=O) groups excluding carboxylic acids is 1. The van der Waals surface area contributed by atoms with Crippen LogP contribution in [0.15, 0.2) is 42.5 Å². The van der Waals surface area contributed by atoms with Crippen LogP contribution in [-0.2, 0) is 14.8 Å². The van der Waals surface area contributed by atoms with Crippen molar-refractivity contribution in [1.82, 2.24) is 0 Å². The molecule has 0 saturated heterocycles. The van der Waals surface area contributed by atoms with Crippen LogP contribution in [0.4, 0.5) is 11.4 Å². The summed E-state index contributed by atoms with van der Waals surface area (Å²) in [7, 11) is -2.04. The number of hydrogen-bond acceptors (Lipinski definition) is 4. The molecule has 0 spiro atoms. The van der Waals surface area contributed by atoms with Gasteiger partial charge in [-0.15, -0.1) is 0 Å². The molecular weight excluding hydrogens is 376 g/mol. The molecule has 0 unspecified atom stereocenters. The summed E-state index contributed by atoms with van der Waals surface area (Å²) in [6.45, 7) is 1.88. The third kappa shape index (κ3) is 5.37. The first kappa shape index (κ1) is 20.1. The molecule has 0 aromatic heterocycles. The highest BCUT2D eigenvalue weighted by atomic mass is 35.5. The minimum Gasteiger partial charge on any atom is -0.497 e. The summed E-state index contributed by atoms with van der Waals surface area (Å²) < 4.78 is 30.5. The Morgan fingerprint density at radius 3 is 2.58 bits per heavy atom. The van der Waals surface area contributed by atoms with Crippen LogP contribution in [0.1, 0.15) is 12.0 Å². The van der Waals surface area contributed by atoms with Crippen LogP contribution in [0.5, 0.6) is 5.75 Å². The van der Waals surface area contributed by atoms with Crippen LogP contribution in [-0.4, -0.2) is 34.2 Å². The van der Waals surface area contributed by atoms with Gasteiger partial charge >= 0.3 is 0 Å². The highest BCUT2D eigenvalue weighted by molar-refractivity contribution is 7.92. The molecule has 0 aliphatic heterocycles. The Balaban J connectivity index is 2.09. The van der Waals surface area contributed by atoms with Gasteiger partial charge in [0, 0.05) is 29.7 Å². The number of nitrogens with zero attached hydrogens (tertiary/aromatic N) is 1. The molecule has 6 nitrogen and oxygen atoms in total. The van der Waals surface area contributed by atoms with Crippen LogP contribution in [0, 0.1) is 6.92 Å². The summed E-state index contributed by atoms with van der Waals surface area (Å²) in [6.07, 6.45) is 1.10. The molecule has 0 heterocycles. The van der Waals surface area contributed by atoms with Crippen molar-refractivity contribution in [3.63, 3.8) is 0 Å². The zero-order valence-electron chi connectivity index (χ0n) is 14.8. The zero-order chi connectivity index (χ0) is 19.3. The van der Waals surface area contributed by atoms with Crippen molar-refractivity contribution in [2.24, 2.45) is 0 Å². The predicted octanol–water partition coefficient (Wildman–Crippen LogP) is 3.45. The Labute approximate surface area is 158 Å². The van der Waals surface area contributed by atoms with E-state index >= 15 is 0 Å². The molecular formula is C18H21ClN2O4S. The molecule has 1 amide bonds. The van der Waals surface area contributed by atoms with Crippen molar-refractivity contribution >= 4 is 38.9 Å². The van der Waals surface area contributed by atoms with Gasteiger partial charge < -0.3 is 10.1 Å². The van der Waals surface area contributed by atoms with Crippen LogP contribution >= 0.6 is 11.6 Å². The van der Waals surface area contributed by atoms with Crippen molar-refractivity contribution in [3.8, 4) is 5.75 Å². The normalized spacial score (nSPS) is 11.1. The van der Waals surface area contributed by atoms with Gasteiger partial charge in [0.25, 0.3) is 0 Å². The molecule has 0 aliphatic carbocycles.